The van der Waals surface area contributed by atoms with Gasteiger partial charge >= 0.3 is 5.97 Å². The van der Waals surface area contributed by atoms with E-state index in [4.69, 9.17) is 4.74 Å². The van der Waals surface area contributed by atoms with Gasteiger partial charge in [-0.1, -0.05) is 6.92 Å². The lowest BCUT2D eigenvalue weighted by Gasteiger charge is -2.10. The number of benzene rings is 1. The van der Waals surface area contributed by atoms with Gasteiger partial charge in [0.05, 0.1) is 4.92 Å². The molecule has 1 rings (SSSR count). The molecule has 0 aliphatic rings. The number of carbonyl (C=O) groups excluding carboxylic acids is 2. The Balaban J connectivity index is 2.44. The lowest BCUT2D eigenvalue weighted by molar-refractivity contribution is -0.384. The van der Waals surface area contributed by atoms with E-state index in [0.717, 1.165) is 12.5 Å². The monoisotopic (exact) mass is 306 g/mol. The summed E-state index contributed by atoms with van der Waals surface area (Å²) in [6.07, 6.45) is 3.41. The first kappa shape index (κ1) is 17.4. The van der Waals surface area contributed by atoms with Gasteiger partial charge in [-0.2, -0.15) is 0 Å². The Hall–Kier alpha value is -2.70. The third-order valence-corrected chi connectivity index (χ3v) is 2.88. The summed E-state index contributed by atoms with van der Waals surface area (Å²) in [5.74, 6) is -1.01. The Bertz CT molecular complexity index is 566. The van der Waals surface area contributed by atoms with Gasteiger partial charge in [-0.15, -0.1) is 0 Å². The number of hydrogen-bond donors (Lipinski definition) is 1. The zero-order valence-corrected chi connectivity index (χ0v) is 12.4. The normalized spacial score (nSPS) is 11.9. The van der Waals surface area contributed by atoms with Gasteiger partial charge in [0.2, 0.25) is 0 Å². The third kappa shape index (κ3) is 6.17. The van der Waals surface area contributed by atoms with Crippen LogP contribution in [0.5, 0.6) is 0 Å². The summed E-state index contributed by atoms with van der Waals surface area (Å²) in [5, 5.41) is 13.2. The van der Waals surface area contributed by atoms with Crippen LogP contribution in [-0.2, 0) is 14.3 Å². The molecule has 0 fully saturated rings. The van der Waals surface area contributed by atoms with Crippen molar-refractivity contribution in [1.29, 1.82) is 0 Å². The number of hydrogen-bond acceptors (Lipinski definition) is 5. The van der Waals surface area contributed by atoms with Crippen LogP contribution in [0.3, 0.4) is 0 Å². The van der Waals surface area contributed by atoms with Crippen molar-refractivity contribution in [2.45, 2.75) is 26.3 Å². The molecule has 7 heteroatoms. The van der Waals surface area contributed by atoms with Crippen LogP contribution in [-0.4, -0.2) is 29.4 Å². The van der Waals surface area contributed by atoms with E-state index in [0.29, 0.717) is 5.56 Å². The van der Waals surface area contributed by atoms with E-state index in [1.54, 1.807) is 0 Å². The van der Waals surface area contributed by atoms with Crippen LogP contribution in [0.2, 0.25) is 0 Å². The highest BCUT2D eigenvalue weighted by Gasteiger charge is 2.07. The summed E-state index contributed by atoms with van der Waals surface area (Å²) in [4.78, 5) is 32.9. The van der Waals surface area contributed by atoms with Crippen molar-refractivity contribution in [3.63, 3.8) is 0 Å². The number of nitro benzene ring substituents is 1. The van der Waals surface area contributed by atoms with E-state index in [9.17, 15) is 19.7 Å². The number of nitrogens with one attached hydrogen (secondary N) is 1. The molecule has 0 saturated heterocycles. The van der Waals surface area contributed by atoms with Gasteiger partial charge in [0.15, 0.2) is 6.61 Å². The minimum atomic E-state index is -0.655. The molecule has 1 N–H and O–H groups in total. The zero-order chi connectivity index (χ0) is 16.5. The van der Waals surface area contributed by atoms with Crippen molar-refractivity contribution < 1.29 is 19.2 Å². The quantitative estimate of drug-likeness (QED) is 0.360. The number of amides is 1. The number of esters is 1. The first-order valence-electron chi connectivity index (χ1n) is 6.81. The number of ether oxygens (including phenoxy) is 1. The number of carbonyl (C=O) groups is 2. The Kier molecular flexibility index (Phi) is 6.75. The van der Waals surface area contributed by atoms with Crippen molar-refractivity contribution in [2.24, 2.45) is 0 Å². The van der Waals surface area contributed by atoms with Gasteiger partial charge in [0.25, 0.3) is 11.6 Å². The van der Waals surface area contributed by atoms with Crippen molar-refractivity contribution >= 4 is 23.6 Å². The van der Waals surface area contributed by atoms with Gasteiger partial charge in [-0.3, -0.25) is 14.9 Å². The third-order valence-electron chi connectivity index (χ3n) is 2.88. The van der Waals surface area contributed by atoms with Crippen molar-refractivity contribution in [3.8, 4) is 0 Å². The summed E-state index contributed by atoms with van der Waals surface area (Å²) in [6.45, 7) is 3.45. The molecular formula is C15H18N2O5. The highest BCUT2D eigenvalue weighted by Crippen LogP contribution is 2.12. The largest absolute Gasteiger partial charge is 0.452 e. The predicted molar refractivity (Wildman–Crippen MR) is 81.0 cm³/mol. The second kappa shape index (κ2) is 8.56. The molecule has 0 heterocycles. The molecule has 0 radical (unpaired) electrons. The van der Waals surface area contributed by atoms with Crippen LogP contribution in [0.1, 0.15) is 25.8 Å². The van der Waals surface area contributed by atoms with Gasteiger partial charge in [0, 0.05) is 24.3 Å². The average Bonchev–Trinajstić information content (AvgIpc) is 2.51. The zero-order valence-electron chi connectivity index (χ0n) is 12.4. The first-order valence-corrected chi connectivity index (χ1v) is 6.81. The number of rotatable bonds is 7. The molecule has 1 atom stereocenters. The highest BCUT2D eigenvalue weighted by molar-refractivity contribution is 5.89. The minimum Gasteiger partial charge on any atom is -0.452 e. The predicted octanol–water partition coefficient (Wildman–Crippen LogP) is 2.07. The van der Waals surface area contributed by atoms with Crippen molar-refractivity contribution in [3.05, 3.63) is 46.0 Å². The molecule has 1 aromatic carbocycles. The van der Waals surface area contributed by atoms with E-state index < -0.39 is 10.9 Å². The molecule has 0 aliphatic heterocycles. The van der Waals surface area contributed by atoms with Crippen molar-refractivity contribution in [2.75, 3.05) is 6.61 Å². The number of nitrogens with zero attached hydrogens (tertiary/aromatic N) is 1. The maximum Gasteiger partial charge on any atom is 0.331 e. The van der Waals surface area contributed by atoms with Crippen LogP contribution in [0, 0.1) is 10.1 Å². The molecule has 0 unspecified atom stereocenters. The van der Waals surface area contributed by atoms with Gasteiger partial charge in [0.1, 0.15) is 0 Å². The lowest BCUT2D eigenvalue weighted by Crippen LogP contribution is -2.35. The van der Waals surface area contributed by atoms with E-state index in [2.05, 4.69) is 5.32 Å². The molecular weight excluding hydrogens is 288 g/mol. The molecule has 22 heavy (non-hydrogen) atoms. The Labute approximate surface area is 128 Å². The van der Waals surface area contributed by atoms with Gasteiger partial charge < -0.3 is 10.1 Å². The summed E-state index contributed by atoms with van der Waals surface area (Å²) in [6, 6.07) is 5.73. The molecule has 1 amide bonds. The number of non-ortho nitro benzene ring substituents is 1. The summed E-state index contributed by atoms with van der Waals surface area (Å²) in [7, 11) is 0. The molecule has 0 saturated carbocycles. The van der Waals surface area contributed by atoms with E-state index in [-0.39, 0.29) is 24.2 Å². The fourth-order valence-corrected chi connectivity index (χ4v) is 1.47. The van der Waals surface area contributed by atoms with Crippen LogP contribution in [0.15, 0.2) is 30.3 Å². The van der Waals surface area contributed by atoms with Crippen LogP contribution >= 0.6 is 0 Å². The van der Waals surface area contributed by atoms with Gasteiger partial charge in [-0.25, -0.2) is 4.79 Å². The van der Waals surface area contributed by atoms with E-state index >= 15 is 0 Å². The van der Waals surface area contributed by atoms with Gasteiger partial charge in [-0.05, 0) is 37.1 Å². The molecule has 7 nitrogen and oxygen atoms in total. The maximum absolute atomic E-state index is 11.5. The minimum absolute atomic E-state index is 0.0264. The molecule has 118 valence electrons. The first-order chi connectivity index (χ1) is 10.4. The summed E-state index contributed by atoms with van der Waals surface area (Å²) < 4.78 is 4.79. The summed E-state index contributed by atoms with van der Waals surface area (Å²) in [5.41, 5.74) is 0.591. The SMILES string of the molecule is CC[C@@H](C)NC(=O)COC(=O)/C=C/c1ccc([N+](=O)[O-])cc1. The fourth-order valence-electron chi connectivity index (χ4n) is 1.47. The maximum atomic E-state index is 11.5. The molecule has 1 aromatic rings. The Morgan fingerprint density at radius 1 is 1.36 bits per heavy atom. The number of nitro groups is 1. The summed E-state index contributed by atoms with van der Waals surface area (Å²) >= 11 is 0. The van der Waals surface area contributed by atoms with E-state index in [1.165, 1.54) is 30.3 Å². The standard InChI is InChI=1S/C15H18N2O5/c1-3-11(2)16-14(18)10-22-15(19)9-6-12-4-7-13(8-5-12)17(20)21/h4-9,11H,3,10H2,1-2H3,(H,16,18)/b9-6+/t11-/m1/s1. The highest BCUT2D eigenvalue weighted by atomic mass is 16.6. The van der Waals surface area contributed by atoms with Crippen molar-refractivity contribution in [1.82, 2.24) is 5.32 Å². The average molecular weight is 306 g/mol. The second-order valence-corrected chi connectivity index (χ2v) is 4.67. The smallest absolute Gasteiger partial charge is 0.331 e. The van der Waals surface area contributed by atoms with Crippen LogP contribution in [0.25, 0.3) is 6.08 Å². The van der Waals surface area contributed by atoms with Crippen LogP contribution in [0.4, 0.5) is 5.69 Å². The second-order valence-electron chi connectivity index (χ2n) is 4.67. The fraction of sp³-hybridized carbons (Fsp3) is 0.333. The molecule has 0 aliphatic carbocycles. The Morgan fingerprint density at radius 3 is 2.55 bits per heavy atom. The molecule has 0 bridgehead atoms. The molecule has 0 spiro atoms. The topological polar surface area (TPSA) is 98.5 Å². The van der Waals surface area contributed by atoms with E-state index in [1.807, 2.05) is 13.8 Å². The van der Waals surface area contributed by atoms with Crippen LogP contribution < -0.4 is 5.32 Å². The Morgan fingerprint density at radius 2 is 2.00 bits per heavy atom. The molecule has 0 aromatic heterocycles. The lowest BCUT2D eigenvalue weighted by atomic mass is 10.2.